The fourth-order valence-corrected chi connectivity index (χ4v) is 1.83. The van der Waals surface area contributed by atoms with Crippen molar-refractivity contribution < 1.29 is 19.1 Å². The number of benzene rings is 1. The molecule has 5 nitrogen and oxygen atoms in total. The van der Waals surface area contributed by atoms with Gasteiger partial charge in [0.15, 0.2) is 0 Å². The van der Waals surface area contributed by atoms with Crippen molar-refractivity contribution in [3.05, 3.63) is 35.1 Å². The van der Waals surface area contributed by atoms with Gasteiger partial charge < -0.3 is 5.11 Å². The zero-order chi connectivity index (χ0) is 12.4. The third-order valence-corrected chi connectivity index (χ3v) is 2.53. The first-order valence-electron chi connectivity index (χ1n) is 4.97. The van der Waals surface area contributed by atoms with Gasteiger partial charge in [-0.3, -0.25) is 4.84 Å². The summed E-state index contributed by atoms with van der Waals surface area (Å²) in [5, 5.41) is 18.4. The number of hydrogen-bond donors (Lipinski definition) is 1. The number of amides is 1. The van der Waals surface area contributed by atoms with Crippen molar-refractivity contribution in [1.82, 2.24) is 5.06 Å². The van der Waals surface area contributed by atoms with Gasteiger partial charge in [-0.2, -0.15) is 10.3 Å². The Bertz CT molecular complexity index is 498. The Labute approximate surface area is 96.6 Å². The number of hydrogen-bond acceptors (Lipinski definition) is 3. The van der Waals surface area contributed by atoms with Gasteiger partial charge in [-0.05, 0) is 23.8 Å². The van der Waals surface area contributed by atoms with E-state index in [0.29, 0.717) is 12.0 Å². The fraction of sp³-hybridized carbons (Fsp3) is 0.273. The number of nitrogens with zero attached hydrogens (tertiary/aromatic N) is 2. The molecule has 1 saturated heterocycles. The Morgan fingerprint density at radius 2 is 2.35 bits per heavy atom. The molecule has 0 spiro atoms. The molecule has 1 atom stereocenters. The van der Waals surface area contributed by atoms with E-state index in [1.54, 1.807) is 0 Å². The van der Waals surface area contributed by atoms with Crippen molar-refractivity contribution in [3.8, 4) is 6.07 Å². The Balaban J connectivity index is 2.37. The van der Waals surface area contributed by atoms with Crippen LogP contribution in [0.15, 0.2) is 18.2 Å². The van der Waals surface area contributed by atoms with Gasteiger partial charge in [0.05, 0.1) is 24.3 Å². The lowest BCUT2D eigenvalue weighted by atomic mass is 10.0. The highest BCUT2D eigenvalue weighted by molar-refractivity contribution is 5.64. The van der Waals surface area contributed by atoms with Gasteiger partial charge >= 0.3 is 6.09 Å². The molecule has 0 aliphatic carbocycles. The topological polar surface area (TPSA) is 73.6 Å². The van der Waals surface area contributed by atoms with Gasteiger partial charge in [0.2, 0.25) is 0 Å². The molecule has 88 valence electrons. The summed E-state index contributed by atoms with van der Waals surface area (Å²) < 4.78 is 13.2. The number of carboxylic acid groups (broad SMARTS) is 1. The van der Waals surface area contributed by atoms with E-state index < -0.39 is 18.0 Å². The predicted molar refractivity (Wildman–Crippen MR) is 54.3 cm³/mol. The normalized spacial score (nSPS) is 19.1. The van der Waals surface area contributed by atoms with Crippen LogP contribution in [0.25, 0.3) is 0 Å². The zero-order valence-electron chi connectivity index (χ0n) is 8.76. The lowest BCUT2D eigenvalue weighted by Gasteiger charge is -2.19. The van der Waals surface area contributed by atoms with E-state index in [4.69, 9.17) is 15.2 Å². The summed E-state index contributed by atoms with van der Waals surface area (Å²) in [5.41, 5.74) is 0.596. The van der Waals surface area contributed by atoms with E-state index in [1.807, 2.05) is 6.07 Å². The zero-order valence-corrected chi connectivity index (χ0v) is 8.76. The SMILES string of the molecule is N#Cc1cc(F)cc([C@@H]2CCON2C(=O)O)c1. The quantitative estimate of drug-likeness (QED) is 0.809. The number of carbonyl (C=O) groups is 1. The smallest absolute Gasteiger partial charge is 0.432 e. The number of hydroxylamine groups is 2. The third-order valence-electron chi connectivity index (χ3n) is 2.53. The first kappa shape index (κ1) is 11.4. The van der Waals surface area contributed by atoms with Gasteiger partial charge in [0.25, 0.3) is 0 Å². The molecule has 0 unspecified atom stereocenters. The molecule has 2 rings (SSSR count). The molecule has 1 aromatic rings. The minimum absolute atomic E-state index is 0.164. The maximum atomic E-state index is 13.2. The Morgan fingerprint density at radius 3 is 3.00 bits per heavy atom. The van der Waals surface area contributed by atoms with Crippen LogP contribution in [0.5, 0.6) is 0 Å². The van der Waals surface area contributed by atoms with E-state index in [1.165, 1.54) is 12.1 Å². The van der Waals surface area contributed by atoms with Crippen LogP contribution < -0.4 is 0 Å². The Kier molecular flexibility index (Phi) is 2.93. The summed E-state index contributed by atoms with van der Waals surface area (Å²) >= 11 is 0. The molecule has 0 bridgehead atoms. The van der Waals surface area contributed by atoms with Crippen molar-refractivity contribution in [2.45, 2.75) is 12.5 Å². The Morgan fingerprint density at radius 1 is 1.59 bits per heavy atom. The molecule has 1 fully saturated rings. The van der Waals surface area contributed by atoms with Crippen LogP contribution in [-0.4, -0.2) is 22.9 Å². The van der Waals surface area contributed by atoms with E-state index in [-0.39, 0.29) is 12.2 Å². The minimum atomic E-state index is -1.23. The predicted octanol–water partition coefficient (Wildman–Crippen LogP) is 2.05. The van der Waals surface area contributed by atoms with E-state index in [2.05, 4.69) is 0 Å². The van der Waals surface area contributed by atoms with Crippen LogP contribution in [-0.2, 0) is 4.84 Å². The number of nitriles is 1. The summed E-state index contributed by atoms with van der Waals surface area (Å²) in [4.78, 5) is 15.8. The molecule has 1 heterocycles. The van der Waals surface area contributed by atoms with Crippen LogP contribution in [0.3, 0.4) is 0 Å². The highest BCUT2D eigenvalue weighted by Crippen LogP contribution is 2.31. The lowest BCUT2D eigenvalue weighted by Crippen LogP contribution is -2.27. The highest BCUT2D eigenvalue weighted by atomic mass is 19.1. The maximum Gasteiger partial charge on any atom is 0.432 e. The van der Waals surface area contributed by atoms with Crippen molar-refractivity contribution in [1.29, 1.82) is 5.26 Å². The largest absolute Gasteiger partial charge is 0.463 e. The van der Waals surface area contributed by atoms with Gasteiger partial charge in [0.1, 0.15) is 5.82 Å². The number of rotatable bonds is 1. The van der Waals surface area contributed by atoms with Crippen LogP contribution in [0.1, 0.15) is 23.6 Å². The average Bonchev–Trinajstić information content (AvgIpc) is 2.77. The summed E-state index contributed by atoms with van der Waals surface area (Å²) in [6.45, 7) is 0.259. The monoisotopic (exact) mass is 236 g/mol. The maximum absolute atomic E-state index is 13.2. The summed E-state index contributed by atoms with van der Waals surface area (Å²) in [6, 6.07) is 5.06. The lowest BCUT2D eigenvalue weighted by molar-refractivity contribution is -0.104. The second-order valence-electron chi connectivity index (χ2n) is 3.63. The first-order valence-corrected chi connectivity index (χ1v) is 4.97. The minimum Gasteiger partial charge on any atom is -0.463 e. The molecule has 0 radical (unpaired) electrons. The van der Waals surface area contributed by atoms with Crippen molar-refractivity contribution in [3.63, 3.8) is 0 Å². The van der Waals surface area contributed by atoms with Crippen molar-refractivity contribution >= 4 is 6.09 Å². The molecular weight excluding hydrogens is 227 g/mol. The Hall–Kier alpha value is -2.13. The molecule has 1 aromatic carbocycles. The van der Waals surface area contributed by atoms with Gasteiger partial charge in [-0.25, -0.2) is 9.18 Å². The van der Waals surface area contributed by atoms with Gasteiger partial charge in [0, 0.05) is 6.42 Å². The fourth-order valence-electron chi connectivity index (χ4n) is 1.83. The van der Waals surface area contributed by atoms with E-state index in [9.17, 15) is 9.18 Å². The van der Waals surface area contributed by atoms with Crippen LogP contribution in [0.4, 0.5) is 9.18 Å². The average molecular weight is 236 g/mol. The number of halogens is 1. The molecule has 1 amide bonds. The van der Waals surface area contributed by atoms with E-state index >= 15 is 0 Å². The molecular formula is C11H9FN2O3. The standard InChI is InChI=1S/C11H9FN2O3/c12-9-4-7(6-13)3-8(5-9)10-1-2-17-14(10)11(15)16/h3-5,10H,1-2H2,(H,15,16)/t10-/m0/s1. The second kappa shape index (κ2) is 4.39. The van der Waals surface area contributed by atoms with Gasteiger partial charge in [-0.1, -0.05) is 0 Å². The molecule has 17 heavy (non-hydrogen) atoms. The molecule has 0 saturated carbocycles. The summed E-state index contributed by atoms with van der Waals surface area (Å²) in [7, 11) is 0. The molecule has 0 aromatic heterocycles. The first-order chi connectivity index (χ1) is 8.11. The molecule has 1 aliphatic rings. The summed E-state index contributed by atoms with van der Waals surface area (Å²) in [6.07, 6.45) is -0.782. The molecule has 1 N–H and O–H groups in total. The van der Waals surface area contributed by atoms with Crippen molar-refractivity contribution in [2.24, 2.45) is 0 Å². The van der Waals surface area contributed by atoms with Crippen LogP contribution in [0, 0.1) is 17.1 Å². The third kappa shape index (κ3) is 2.19. The molecule has 6 heteroatoms. The van der Waals surface area contributed by atoms with Crippen LogP contribution >= 0.6 is 0 Å². The van der Waals surface area contributed by atoms with E-state index in [0.717, 1.165) is 11.1 Å². The van der Waals surface area contributed by atoms with Crippen molar-refractivity contribution in [2.75, 3.05) is 6.61 Å². The summed E-state index contributed by atoms with van der Waals surface area (Å²) in [5.74, 6) is -0.559. The molecule has 1 aliphatic heterocycles. The highest BCUT2D eigenvalue weighted by Gasteiger charge is 2.32. The van der Waals surface area contributed by atoms with Gasteiger partial charge in [-0.15, -0.1) is 0 Å². The second-order valence-corrected chi connectivity index (χ2v) is 3.63. The van der Waals surface area contributed by atoms with Crippen LogP contribution in [0.2, 0.25) is 0 Å².